The third-order valence-corrected chi connectivity index (χ3v) is 12.2. The van der Waals surface area contributed by atoms with Crippen molar-refractivity contribution in [2.45, 2.75) is 120 Å². The predicted octanol–water partition coefficient (Wildman–Crippen LogP) is 12.5. The highest BCUT2D eigenvalue weighted by Crippen LogP contribution is 2.76. The number of hydrogen-bond donors (Lipinski definition) is 0. The minimum absolute atomic E-state index is 0.00531. The van der Waals surface area contributed by atoms with Crippen molar-refractivity contribution in [2.75, 3.05) is 0 Å². The zero-order valence-electron chi connectivity index (χ0n) is 28.2. The monoisotopic (exact) mass is 550 g/mol. The van der Waals surface area contributed by atoms with Gasteiger partial charge in [-0.2, -0.15) is 0 Å². The Labute approximate surface area is 253 Å². The summed E-state index contributed by atoms with van der Waals surface area (Å²) in [5.74, 6) is 1.63. The largest absolute Gasteiger partial charge is 0.0999 e. The molecule has 3 aliphatic rings. The van der Waals surface area contributed by atoms with Crippen molar-refractivity contribution in [3.8, 4) is 0 Å². The zero-order chi connectivity index (χ0) is 30.7. The summed E-state index contributed by atoms with van der Waals surface area (Å²) in [5.41, 5.74) is 14.9. The van der Waals surface area contributed by atoms with Gasteiger partial charge in [0.1, 0.15) is 0 Å². The first kappa shape index (κ1) is 31.6. The number of rotatable bonds is 9. The van der Waals surface area contributed by atoms with Crippen LogP contribution in [0.5, 0.6) is 0 Å². The number of hydrogen-bond acceptors (Lipinski definition) is 0. The molecule has 4 rings (SSSR count). The summed E-state index contributed by atoms with van der Waals surface area (Å²) in [6.07, 6.45) is 8.24. The summed E-state index contributed by atoms with van der Waals surface area (Å²) < 4.78 is 0. The van der Waals surface area contributed by atoms with Crippen LogP contribution in [0.1, 0.15) is 130 Å². The zero-order valence-corrected chi connectivity index (χ0v) is 28.2. The van der Waals surface area contributed by atoms with Gasteiger partial charge in [0, 0.05) is 10.8 Å². The smallest absolute Gasteiger partial charge is 0.0197 e. The second-order valence-electron chi connectivity index (χ2n) is 15.0. The van der Waals surface area contributed by atoms with Crippen molar-refractivity contribution in [1.82, 2.24) is 0 Å². The first-order valence-corrected chi connectivity index (χ1v) is 16.3. The Morgan fingerprint density at radius 2 is 1.68 bits per heavy atom. The van der Waals surface area contributed by atoms with Gasteiger partial charge >= 0.3 is 0 Å². The van der Waals surface area contributed by atoms with Crippen LogP contribution in [0.2, 0.25) is 0 Å². The molecule has 0 fully saturated rings. The van der Waals surface area contributed by atoms with Crippen LogP contribution in [0.3, 0.4) is 0 Å². The molecular formula is C41H58. The van der Waals surface area contributed by atoms with Crippen LogP contribution in [0.15, 0.2) is 83.5 Å². The quantitative estimate of drug-likeness (QED) is 0.212. The Bertz CT molecular complexity index is 1350. The van der Waals surface area contributed by atoms with E-state index in [1.165, 1.54) is 81.4 Å². The molecular weight excluding hydrogens is 492 g/mol. The summed E-state index contributed by atoms with van der Waals surface area (Å²) in [7, 11) is 0. The fraction of sp³-hybridized carbons (Fsp3) is 0.561. The van der Waals surface area contributed by atoms with Gasteiger partial charge in [-0.1, -0.05) is 128 Å². The van der Waals surface area contributed by atoms with Gasteiger partial charge in [-0.25, -0.2) is 0 Å². The highest BCUT2D eigenvalue weighted by Gasteiger charge is 2.66. The lowest BCUT2D eigenvalue weighted by Gasteiger charge is -2.68. The van der Waals surface area contributed by atoms with Gasteiger partial charge in [0.25, 0.3) is 0 Å². The lowest BCUT2D eigenvalue weighted by atomic mass is 9.35. The molecule has 5 atom stereocenters. The van der Waals surface area contributed by atoms with E-state index >= 15 is 0 Å². The van der Waals surface area contributed by atoms with Crippen LogP contribution in [0.25, 0.3) is 5.57 Å². The molecule has 1 aromatic carbocycles. The van der Waals surface area contributed by atoms with E-state index in [1.54, 1.807) is 0 Å². The molecule has 0 aliphatic heterocycles. The van der Waals surface area contributed by atoms with E-state index in [0.717, 1.165) is 30.8 Å². The van der Waals surface area contributed by atoms with Gasteiger partial charge in [-0.15, -0.1) is 0 Å². The van der Waals surface area contributed by atoms with E-state index in [2.05, 4.69) is 101 Å². The van der Waals surface area contributed by atoms with Gasteiger partial charge in [-0.3, -0.25) is 0 Å². The molecule has 0 spiro atoms. The van der Waals surface area contributed by atoms with Crippen molar-refractivity contribution in [3.05, 3.63) is 100 Å². The number of benzene rings is 1. The highest BCUT2D eigenvalue weighted by atomic mass is 14.7. The normalized spacial score (nSPS) is 31.3. The molecule has 0 nitrogen and oxygen atoms in total. The fourth-order valence-corrected chi connectivity index (χ4v) is 9.94. The number of fused-ring (bicyclic) bond motifs is 3. The third-order valence-electron chi connectivity index (χ3n) is 12.2. The molecule has 1 aromatic rings. The Balaban J connectivity index is 2.08. The van der Waals surface area contributed by atoms with Gasteiger partial charge in [0.15, 0.2) is 0 Å². The first-order valence-electron chi connectivity index (χ1n) is 16.3. The van der Waals surface area contributed by atoms with Crippen LogP contribution in [0.4, 0.5) is 0 Å². The maximum Gasteiger partial charge on any atom is 0.0197 e. The number of unbranched alkanes of at least 4 members (excludes halogenated alkanes) is 1. The van der Waals surface area contributed by atoms with Crippen molar-refractivity contribution in [2.24, 2.45) is 28.1 Å². The lowest BCUT2D eigenvalue weighted by Crippen LogP contribution is -2.59. The summed E-state index contributed by atoms with van der Waals surface area (Å²) in [5, 5.41) is 0. The number of aryl methyl sites for hydroxylation is 1. The molecule has 0 saturated carbocycles. The molecule has 0 unspecified atom stereocenters. The van der Waals surface area contributed by atoms with Crippen LogP contribution in [-0.4, -0.2) is 0 Å². The molecule has 3 aliphatic carbocycles. The molecule has 0 aromatic heterocycles. The van der Waals surface area contributed by atoms with E-state index in [-0.39, 0.29) is 16.2 Å². The average molecular weight is 551 g/mol. The van der Waals surface area contributed by atoms with E-state index in [0.29, 0.717) is 11.8 Å². The summed E-state index contributed by atoms with van der Waals surface area (Å²) in [6.45, 7) is 42.8. The Kier molecular flexibility index (Phi) is 8.52. The summed E-state index contributed by atoms with van der Waals surface area (Å²) in [6, 6.07) is 7.01. The Morgan fingerprint density at radius 3 is 2.27 bits per heavy atom. The Morgan fingerprint density at radius 1 is 1.02 bits per heavy atom. The predicted molar refractivity (Wildman–Crippen MR) is 182 cm³/mol. The van der Waals surface area contributed by atoms with E-state index in [9.17, 15) is 0 Å². The van der Waals surface area contributed by atoms with E-state index in [1.807, 2.05) is 0 Å². The highest BCUT2D eigenvalue weighted by molar-refractivity contribution is 5.87. The third kappa shape index (κ3) is 4.54. The van der Waals surface area contributed by atoms with Gasteiger partial charge in [-0.05, 0) is 116 Å². The lowest BCUT2D eigenvalue weighted by molar-refractivity contribution is -0.0408. The van der Waals surface area contributed by atoms with E-state index < -0.39 is 0 Å². The van der Waals surface area contributed by atoms with Gasteiger partial charge < -0.3 is 0 Å². The number of allylic oxidation sites excluding steroid dienone is 8. The second kappa shape index (κ2) is 11.1. The van der Waals surface area contributed by atoms with Crippen LogP contribution in [-0.2, 0) is 0 Å². The summed E-state index contributed by atoms with van der Waals surface area (Å²) in [4.78, 5) is 0. The van der Waals surface area contributed by atoms with E-state index in [4.69, 9.17) is 13.2 Å². The van der Waals surface area contributed by atoms with Crippen LogP contribution in [0, 0.1) is 35.0 Å². The van der Waals surface area contributed by atoms with Crippen molar-refractivity contribution in [1.29, 1.82) is 0 Å². The second-order valence-corrected chi connectivity index (χ2v) is 15.0. The molecule has 222 valence electrons. The fourth-order valence-electron chi connectivity index (χ4n) is 9.94. The van der Waals surface area contributed by atoms with Crippen molar-refractivity contribution < 1.29 is 0 Å². The molecule has 0 bridgehead atoms. The van der Waals surface area contributed by atoms with Crippen molar-refractivity contribution in [3.63, 3.8) is 0 Å². The Hall–Kier alpha value is -2.34. The first-order chi connectivity index (χ1) is 19.1. The van der Waals surface area contributed by atoms with Crippen molar-refractivity contribution >= 4 is 5.57 Å². The van der Waals surface area contributed by atoms with Gasteiger partial charge in [0.2, 0.25) is 0 Å². The molecule has 0 saturated heterocycles. The topological polar surface area (TPSA) is 0 Å². The maximum absolute atomic E-state index is 4.93. The molecule has 41 heavy (non-hydrogen) atoms. The molecule has 0 heterocycles. The van der Waals surface area contributed by atoms with Crippen LogP contribution < -0.4 is 0 Å². The van der Waals surface area contributed by atoms with Gasteiger partial charge in [0.05, 0.1) is 0 Å². The molecule has 0 heteroatoms. The average Bonchev–Trinajstić information content (AvgIpc) is 2.88. The standard InChI is InChI=1S/C41H58/c1-15-27(6)23-35-39(12)24-29(8)36(26(4)5)31(10)41(39,14)32(11)38-30(9)37-28(7)20-18-21-33(37)34(40(35,38)13)22-17-16-19-25(2)3/h18,20-21,25,34-35H,4,6,9-10,15-17,19,22-24H2,1-3,5,7-8,11-14H3/t34-,35+,39+,40-,41-/m1/s1. The minimum Gasteiger partial charge on any atom is -0.0999 e. The molecule has 0 N–H and O–H groups in total. The SMILES string of the molecule is C=C(CC)C[C@@H]1[C@]2(C)C(=C(C)[C@@]3(C)C(=C)C(C(=C)C)=C(C)C[C@@]13C)C(=C)c1c(C)cccc1[C@H]2CCCCC(C)C. The summed E-state index contributed by atoms with van der Waals surface area (Å²) >= 11 is 0. The molecule has 0 radical (unpaired) electrons. The minimum atomic E-state index is -0.181. The maximum atomic E-state index is 4.93. The van der Waals surface area contributed by atoms with Crippen LogP contribution >= 0.6 is 0 Å². The molecule has 0 amide bonds.